The molecule has 1 saturated heterocycles. The molecule has 0 aromatic carbocycles. The molecule has 1 aliphatic heterocycles. The molecule has 2 fully saturated rings. The van der Waals surface area contributed by atoms with Gasteiger partial charge in [0.15, 0.2) is 0 Å². The second-order valence-corrected chi connectivity index (χ2v) is 7.84. The summed E-state index contributed by atoms with van der Waals surface area (Å²) in [5.74, 6) is 0.0988. The number of amides is 1. The van der Waals surface area contributed by atoms with Crippen LogP contribution in [-0.2, 0) is 4.79 Å². The highest BCUT2D eigenvalue weighted by Crippen LogP contribution is 2.52. The minimum atomic E-state index is -0.874. The normalized spacial score (nSPS) is 21.3. The SMILES string of the molecule is Cc1cc(-c2cc3c(N4CC[C@@](C#N)(C5CC5)C4=O)ccnn3c2)ncc1C#N. The minimum absolute atomic E-state index is 0.0920. The van der Waals surface area contributed by atoms with Crippen LogP contribution in [-0.4, -0.2) is 27.0 Å². The molecular formula is C22H18N6O. The topological polar surface area (TPSA) is 98.1 Å². The van der Waals surface area contributed by atoms with Crippen molar-refractivity contribution in [2.75, 3.05) is 11.4 Å². The molecule has 4 heterocycles. The van der Waals surface area contributed by atoms with Crippen LogP contribution >= 0.6 is 0 Å². The molecule has 0 N–H and O–H groups in total. The molecule has 3 aromatic rings. The molecule has 29 heavy (non-hydrogen) atoms. The lowest BCUT2D eigenvalue weighted by Crippen LogP contribution is -2.35. The van der Waals surface area contributed by atoms with Crippen LogP contribution in [0.4, 0.5) is 5.69 Å². The molecule has 0 bridgehead atoms. The van der Waals surface area contributed by atoms with Crippen LogP contribution in [0.25, 0.3) is 16.8 Å². The molecule has 1 amide bonds. The van der Waals surface area contributed by atoms with Crippen molar-refractivity contribution >= 4 is 17.1 Å². The van der Waals surface area contributed by atoms with Gasteiger partial charge in [-0.15, -0.1) is 0 Å². The first-order valence-corrected chi connectivity index (χ1v) is 9.65. The zero-order chi connectivity index (χ0) is 20.2. The summed E-state index contributed by atoms with van der Waals surface area (Å²) in [6.07, 6.45) is 7.59. The monoisotopic (exact) mass is 382 g/mol. The minimum Gasteiger partial charge on any atom is -0.309 e. The van der Waals surface area contributed by atoms with E-state index in [2.05, 4.69) is 22.2 Å². The first-order chi connectivity index (χ1) is 14.1. The Morgan fingerprint density at radius 3 is 2.79 bits per heavy atom. The lowest BCUT2D eigenvalue weighted by molar-refractivity contribution is -0.123. The fourth-order valence-corrected chi connectivity index (χ4v) is 4.32. The number of carbonyl (C=O) groups excluding carboxylic acids is 1. The van der Waals surface area contributed by atoms with E-state index in [4.69, 9.17) is 5.26 Å². The van der Waals surface area contributed by atoms with Crippen molar-refractivity contribution in [2.45, 2.75) is 26.2 Å². The van der Waals surface area contributed by atoms with Gasteiger partial charge in [0.2, 0.25) is 5.91 Å². The van der Waals surface area contributed by atoms with Gasteiger partial charge in [-0.25, -0.2) is 4.52 Å². The highest BCUT2D eigenvalue weighted by molar-refractivity contribution is 6.05. The van der Waals surface area contributed by atoms with Gasteiger partial charge in [0.05, 0.1) is 28.5 Å². The first-order valence-electron chi connectivity index (χ1n) is 9.65. The quantitative estimate of drug-likeness (QED) is 0.692. The van der Waals surface area contributed by atoms with Crippen molar-refractivity contribution in [1.29, 1.82) is 10.5 Å². The summed E-state index contributed by atoms with van der Waals surface area (Å²) in [4.78, 5) is 19.3. The number of rotatable bonds is 3. The van der Waals surface area contributed by atoms with Crippen LogP contribution in [0.5, 0.6) is 0 Å². The summed E-state index contributed by atoms with van der Waals surface area (Å²) in [5, 5.41) is 23.2. The molecule has 1 aliphatic carbocycles. The van der Waals surface area contributed by atoms with Gasteiger partial charge in [0, 0.05) is 30.7 Å². The molecule has 1 atom stereocenters. The van der Waals surface area contributed by atoms with E-state index in [-0.39, 0.29) is 11.8 Å². The molecular weight excluding hydrogens is 364 g/mol. The smallest absolute Gasteiger partial charge is 0.247 e. The van der Waals surface area contributed by atoms with E-state index < -0.39 is 5.41 Å². The molecule has 7 heteroatoms. The van der Waals surface area contributed by atoms with Crippen molar-refractivity contribution < 1.29 is 4.79 Å². The summed E-state index contributed by atoms with van der Waals surface area (Å²) in [6.45, 7) is 2.42. The fraction of sp³-hybridized carbons (Fsp3) is 0.318. The average Bonchev–Trinajstić information content (AvgIpc) is 3.40. The third kappa shape index (κ3) is 2.51. The van der Waals surface area contributed by atoms with Gasteiger partial charge < -0.3 is 4.90 Å². The highest BCUT2D eigenvalue weighted by Gasteiger charge is 2.56. The van der Waals surface area contributed by atoms with Crippen LogP contribution in [0.15, 0.2) is 36.8 Å². The Balaban J connectivity index is 1.57. The van der Waals surface area contributed by atoms with Gasteiger partial charge in [-0.2, -0.15) is 15.6 Å². The zero-order valence-corrected chi connectivity index (χ0v) is 16.0. The van der Waals surface area contributed by atoms with Gasteiger partial charge in [-0.05, 0) is 55.9 Å². The molecule has 0 radical (unpaired) electrons. The van der Waals surface area contributed by atoms with Gasteiger partial charge in [-0.1, -0.05) is 0 Å². The van der Waals surface area contributed by atoms with Crippen molar-refractivity contribution in [3.8, 4) is 23.4 Å². The van der Waals surface area contributed by atoms with E-state index in [0.29, 0.717) is 18.5 Å². The third-order valence-corrected chi connectivity index (χ3v) is 6.13. The summed E-state index contributed by atoms with van der Waals surface area (Å²) >= 11 is 0. The summed E-state index contributed by atoms with van der Waals surface area (Å²) in [6, 6.07) is 10.1. The number of aryl methyl sites for hydroxylation is 1. The average molecular weight is 382 g/mol. The second kappa shape index (κ2) is 6.15. The van der Waals surface area contributed by atoms with Crippen molar-refractivity contribution in [3.63, 3.8) is 0 Å². The third-order valence-electron chi connectivity index (χ3n) is 6.13. The Hall–Kier alpha value is -3.71. The van der Waals surface area contributed by atoms with Crippen molar-refractivity contribution in [3.05, 3.63) is 47.9 Å². The van der Waals surface area contributed by atoms with E-state index in [1.54, 1.807) is 21.8 Å². The maximum absolute atomic E-state index is 13.2. The van der Waals surface area contributed by atoms with Crippen LogP contribution in [0.2, 0.25) is 0 Å². The molecule has 1 saturated carbocycles. The van der Waals surface area contributed by atoms with Crippen LogP contribution in [0.1, 0.15) is 30.4 Å². The van der Waals surface area contributed by atoms with Crippen LogP contribution < -0.4 is 4.90 Å². The van der Waals surface area contributed by atoms with Crippen molar-refractivity contribution in [1.82, 2.24) is 14.6 Å². The number of hydrogen-bond donors (Lipinski definition) is 0. The first kappa shape index (κ1) is 17.4. The fourth-order valence-electron chi connectivity index (χ4n) is 4.32. The van der Waals surface area contributed by atoms with Crippen LogP contribution in [0, 0.1) is 40.9 Å². The largest absolute Gasteiger partial charge is 0.309 e. The van der Waals surface area contributed by atoms with E-state index in [1.165, 1.54) is 0 Å². The standard InChI is InChI=1S/C22H18N6O/c1-14-8-18(25-11-16(14)10-23)15-9-20-19(4-6-26-28(20)12-15)27-7-5-22(13-24,21(27)29)17-2-3-17/h4,6,8-9,11-12,17H,2-3,5,7H2,1H3/t22-/m1/s1. The second-order valence-electron chi connectivity index (χ2n) is 7.84. The zero-order valence-electron chi connectivity index (χ0n) is 16.0. The summed E-state index contributed by atoms with van der Waals surface area (Å²) in [7, 11) is 0. The molecule has 0 spiro atoms. The predicted octanol–water partition coefficient (Wildman–Crippen LogP) is 3.23. The number of hydrogen-bond acceptors (Lipinski definition) is 5. The molecule has 142 valence electrons. The summed E-state index contributed by atoms with van der Waals surface area (Å²) in [5.41, 5.74) is 3.70. The lowest BCUT2D eigenvalue weighted by Gasteiger charge is -2.21. The Morgan fingerprint density at radius 1 is 1.28 bits per heavy atom. The predicted molar refractivity (Wildman–Crippen MR) is 106 cm³/mol. The molecule has 0 unspecified atom stereocenters. The number of aromatic nitrogens is 3. The Morgan fingerprint density at radius 2 is 2.10 bits per heavy atom. The Bertz CT molecular complexity index is 1240. The maximum Gasteiger partial charge on any atom is 0.247 e. The van der Waals surface area contributed by atoms with E-state index >= 15 is 0 Å². The molecule has 7 nitrogen and oxygen atoms in total. The number of fused-ring (bicyclic) bond motifs is 1. The van der Waals surface area contributed by atoms with Gasteiger partial charge >= 0.3 is 0 Å². The van der Waals surface area contributed by atoms with Gasteiger partial charge in [0.25, 0.3) is 0 Å². The summed E-state index contributed by atoms with van der Waals surface area (Å²) < 4.78 is 1.73. The number of nitrogens with zero attached hydrogens (tertiary/aromatic N) is 6. The number of nitriles is 2. The molecule has 3 aromatic heterocycles. The van der Waals surface area contributed by atoms with E-state index in [1.807, 2.05) is 31.3 Å². The van der Waals surface area contributed by atoms with Crippen molar-refractivity contribution in [2.24, 2.45) is 11.3 Å². The molecule has 5 rings (SSSR count). The number of pyridine rings is 1. The molecule has 2 aliphatic rings. The van der Waals surface area contributed by atoms with Crippen LogP contribution in [0.3, 0.4) is 0 Å². The Labute approximate surface area is 167 Å². The van der Waals surface area contributed by atoms with E-state index in [0.717, 1.165) is 40.9 Å². The van der Waals surface area contributed by atoms with Gasteiger partial charge in [0.1, 0.15) is 11.5 Å². The Kier molecular flexibility index (Phi) is 3.69. The van der Waals surface area contributed by atoms with Gasteiger partial charge in [-0.3, -0.25) is 9.78 Å². The number of carbonyl (C=O) groups is 1. The highest BCUT2D eigenvalue weighted by atomic mass is 16.2. The van der Waals surface area contributed by atoms with E-state index in [9.17, 15) is 10.1 Å². The lowest BCUT2D eigenvalue weighted by atomic mass is 9.83. The number of anilines is 1. The maximum atomic E-state index is 13.2.